The number of nitrogens with one attached hydrogen (secondary N) is 3. The number of halogens is 3. The number of nitrogens with zero attached hydrogens (tertiary/aromatic N) is 2. The Morgan fingerprint density at radius 3 is 2.69 bits per heavy atom. The number of likely N-dealkylation sites (tertiary alicyclic amines) is 1. The first kappa shape index (κ1) is 23.9. The Kier molecular flexibility index (Phi) is 6.57. The van der Waals surface area contributed by atoms with Gasteiger partial charge in [-0.05, 0) is 62.7 Å². The third-order valence-corrected chi connectivity index (χ3v) is 7.26. The second-order valence-electron chi connectivity index (χ2n) is 8.97. The number of piperidine rings is 1. The van der Waals surface area contributed by atoms with E-state index in [1.54, 1.807) is 6.08 Å². The highest BCUT2D eigenvalue weighted by molar-refractivity contribution is 6.36. The van der Waals surface area contributed by atoms with Crippen molar-refractivity contribution in [2.24, 2.45) is 0 Å². The summed E-state index contributed by atoms with van der Waals surface area (Å²) in [6.07, 6.45) is 3.89. The molecular weight excluding hydrogens is 488 g/mol. The zero-order valence-electron chi connectivity index (χ0n) is 19.5. The Morgan fingerprint density at radius 2 is 1.94 bits per heavy atom. The lowest BCUT2D eigenvalue weighted by Crippen LogP contribution is -2.38. The predicted octanol–water partition coefficient (Wildman–Crippen LogP) is 6.22. The Balaban J connectivity index is 1.42. The summed E-state index contributed by atoms with van der Waals surface area (Å²) < 4.78 is 14.1. The van der Waals surface area contributed by atoms with Crippen LogP contribution in [0.5, 0.6) is 0 Å². The summed E-state index contributed by atoms with van der Waals surface area (Å²) in [5.74, 6) is -0.287. The minimum absolute atomic E-state index is 0.0474. The van der Waals surface area contributed by atoms with Crippen molar-refractivity contribution >= 4 is 52.1 Å². The molecule has 0 unspecified atom stereocenters. The van der Waals surface area contributed by atoms with Gasteiger partial charge in [-0.3, -0.25) is 4.79 Å². The molecule has 0 saturated carbocycles. The molecule has 1 amide bonds. The van der Waals surface area contributed by atoms with Crippen LogP contribution >= 0.6 is 23.2 Å². The van der Waals surface area contributed by atoms with E-state index in [9.17, 15) is 9.18 Å². The van der Waals surface area contributed by atoms with E-state index >= 15 is 0 Å². The predicted molar refractivity (Wildman–Crippen MR) is 140 cm³/mol. The van der Waals surface area contributed by atoms with Gasteiger partial charge >= 0.3 is 0 Å². The minimum Gasteiger partial charge on any atom is -0.382 e. The molecular formula is C26H26Cl2FN5O. The van der Waals surface area contributed by atoms with Gasteiger partial charge in [0, 0.05) is 47.3 Å². The van der Waals surface area contributed by atoms with Crippen LogP contribution in [0.4, 0.5) is 15.8 Å². The number of carbonyl (C=O) groups is 1. The number of carbonyl (C=O) groups excluding carboxylic acids is 1. The second-order valence-corrected chi connectivity index (χ2v) is 9.78. The maximum absolute atomic E-state index is 14.1. The van der Waals surface area contributed by atoms with E-state index in [4.69, 9.17) is 23.2 Å². The van der Waals surface area contributed by atoms with Crippen molar-refractivity contribution in [1.29, 1.82) is 0 Å². The van der Waals surface area contributed by atoms with Crippen molar-refractivity contribution < 1.29 is 9.18 Å². The number of fused-ring (bicyclic) bond motifs is 1. The molecule has 2 aromatic carbocycles. The number of aromatic amines is 1. The zero-order valence-corrected chi connectivity index (χ0v) is 21.0. The summed E-state index contributed by atoms with van der Waals surface area (Å²) in [6.45, 7) is 7.28. The van der Waals surface area contributed by atoms with Gasteiger partial charge in [-0.1, -0.05) is 30.1 Å². The number of hydrogen-bond acceptors (Lipinski definition) is 4. The van der Waals surface area contributed by atoms with E-state index in [1.807, 2.05) is 25.1 Å². The number of amides is 1. The summed E-state index contributed by atoms with van der Waals surface area (Å²) in [5, 5.41) is 6.80. The summed E-state index contributed by atoms with van der Waals surface area (Å²) in [7, 11) is 0. The normalized spacial score (nSPS) is 17.6. The van der Waals surface area contributed by atoms with Gasteiger partial charge < -0.3 is 20.5 Å². The number of H-pyrrole nitrogens is 1. The number of hydrogen-bond donors (Lipinski definition) is 3. The molecule has 2 aliphatic heterocycles. The molecule has 0 bridgehead atoms. The van der Waals surface area contributed by atoms with Crippen LogP contribution in [0.3, 0.4) is 0 Å². The third-order valence-electron chi connectivity index (χ3n) is 6.66. The number of imidazole rings is 1. The molecule has 35 heavy (non-hydrogen) atoms. The lowest BCUT2D eigenvalue weighted by atomic mass is 10.0. The molecule has 0 atom stereocenters. The highest BCUT2D eigenvalue weighted by Gasteiger charge is 2.26. The lowest BCUT2D eigenvalue weighted by Gasteiger charge is -2.32. The van der Waals surface area contributed by atoms with Crippen LogP contribution in [-0.4, -0.2) is 46.5 Å². The van der Waals surface area contributed by atoms with E-state index in [1.165, 1.54) is 12.1 Å². The van der Waals surface area contributed by atoms with Crippen molar-refractivity contribution in [2.75, 3.05) is 30.3 Å². The van der Waals surface area contributed by atoms with Crippen molar-refractivity contribution in [2.45, 2.75) is 32.7 Å². The molecule has 1 saturated heterocycles. The van der Waals surface area contributed by atoms with Gasteiger partial charge in [-0.2, -0.15) is 0 Å². The van der Waals surface area contributed by atoms with Crippen LogP contribution in [-0.2, 0) is 4.79 Å². The van der Waals surface area contributed by atoms with Gasteiger partial charge in [0.15, 0.2) is 0 Å². The van der Waals surface area contributed by atoms with Crippen molar-refractivity contribution in [3.8, 4) is 11.3 Å². The molecule has 3 aromatic rings. The van der Waals surface area contributed by atoms with E-state index in [-0.39, 0.29) is 10.9 Å². The molecule has 0 aliphatic carbocycles. The highest BCUT2D eigenvalue weighted by atomic mass is 35.5. The van der Waals surface area contributed by atoms with E-state index in [2.05, 4.69) is 32.4 Å². The monoisotopic (exact) mass is 513 g/mol. The average molecular weight is 514 g/mol. The summed E-state index contributed by atoms with van der Waals surface area (Å²) >= 11 is 12.1. The van der Waals surface area contributed by atoms with Crippen LogP contribution < -0.4 is 10.6 Å². The van der Waals surface area contributed by atoms with Gasteiger partial charge in [-0.25, -0.2) is 9.37 Å². The number of benzene rings is 2. The lowest BCUT2D eigenvalue weighted by molar-refractivity contribution is -0.110. The summed E-state index contributed by atoms with van der Waals surface area (Å²) in [6, 6.07) is 8.97. The average Bonchev–Trinajstić information content (AvgIpc) is 3.35. The van der Waals surface area contributed by atoms with Crippen molar-refractivity contribution in [3.05, 3.63) is 63.3 Å². The van der Waals surface area contributed by atoms with E-state index in [0.717, 1.165) is 49.4 Å². The Bertz CT molecular complexity index is 1330. The molecule has 2 aliphatic rings. The van der Waals surface area contributed by atoms with Crippen LogP contribution in [0, 0.1) is 12.7 Å². The Morgan fingerprint density at radius 1 is 1.17 bits per heavy atom. The van der Waals surface area contributed by atoms with Crippen LogP contribution in [0.25, 0.3) is 22.9 Å². The first-order valence-corrected chi connectivity index (χ1v) is 12.5. The smallest absolute Gasteiger partial charge is 0.256 e. The number of aryl methyl sites for hydroxylation is 1. The third kappa shape index (κ3) is 4.81. The Labute approximate surface area is 213 Å². The fraction of sp³-hybridized carbons (Fsp3) is 0.308. The number of rotatable bonds is 5. The van der Waals surface area contributed by atoms with Gasteiger partial charge in [0.25, 0.3) is 5.91 Å². The molecule has 3 heterocycles. The van der Waals surface area contributed by atoms with Crippen LogP contribution in [0.2, 0.25) is 10.0 Å². The SMILES string of the molecule is CCN1CCC(Nc2ccc3c(c2)C(=Cc2nc(-c4cc(F)c(Cl)cc4Cl)c(C)[nH]2)C(=O)N3)CC1. The summed E-state index contributed by atoms with van der Waals surface area (Å²) in [5.41, 5.74) is 4.72. The first-order valence-electron chi connectivity index (χ1n) is 11.7. The van der Waals surface area contributed by atoms with Gasteiger partial charge in [-0.15, -0.1) is 0 Å². The van der Waals surface area contributed by atoms with E-state index < -0.39 is 5.82 Å². The van der Waals surface area contributed by atoms with Crippen molar-refractivity contribution in [1.82, 2.24) is 14.9 Å². The minimum atomic E-state index is -0.571. The molecule has 182 valence electrons. The molecule has 0 spiro atoms. The van der Waals surface area contributed by atoms with Gasteiger partial charge in [0.1, 0.15) is 11.6 Å². The molecule has 1 aromatic heterocycles. The van der Waals surface area contributed by atoms with Crippen LogP contribution in [0.1, 0.15) is 36.8 Å². The van der Waals surface area contributed by atoms with Crippen LogP contribution in [0.15, 0.2) is 30.3 Å². The topological polar surface area (TPSA) is 73.0 Å². The largest absolute Gasteiger partial charge is 0.382 e. The van der Waals surface area contributed by atoms with Gasteiger partial charge in [0.2, 0.25) is 0 Å². The molecule has 6 nitrogen and oxygen atoms in total. The number of aromatic nitrogens is 2. The Hall–Kier alpha value is -2.87. The van der Waals surface area contributed by atoms with E-state index in [0.29, 0.717) is 39.4 Å². The quantitative estimate of drug-likeness (QED) is 0.279. The highest BCUT2D eigenvalue weighted by Crippen LogP contribution is 2.37. The summed E-state index contributed by atoms with van der Waals surface area (Å²) in [4.78, 5) is 23.0. The molecule has 5 rings (SSSR count). The van der Waals surface area contributed by atoms with Crippen molar-refractivity contribution in [3.63, 3.8) is 0 Å². The van der Waals surface area contributed by atoms with Gasteiger partial charge in [0.05, 0.1) is 21.3 Å². The molecule has 3 N–H and O–H groups in total. The second kappa shape index (κ2) is 9.64. The fourth-order valence-corrected chi connectivity index (χ4v) is 5.18. The standard InChI is InChI=1S/C26H26Cl2FN5O/c1-3-34-8-6-15(7-9-34)31-16-4-5-23-17(10-16)18(26(35)32-23)12-24-30-14(2)25(33-24)19-11-22(29)21(28)13-20(19)27/h4-5,10-13,15,31H,3,6-9H2,1-2H3,(H,30,33)(H,32,35). The first-order chi connectivity index (χ1) is 16.8. The zero-order chi connectivity index (χ0) is 24.7. The number of anilines is 2. The fourth-order valence-electron chi connectivity index (χ4n) is 4.71. The maximum Gasteiger partial charge on any atom is 0.256 e. The molecule has 1 fully saturated rings. The maximum atomic E-state index is 14.1. The molecule has 9 heteroatoms. The molecule has 0 radical (unpaired) electrons.